The monoisotopic (exact) mass is 330 g/mol. The number of carbonyl (C=O) groups excluding carboxylic acids is 1. The summed E-state index contributed by atoms with van der Waals surface area (Å²) in [4.78, 5) is 21.3. The summed E-state index contributed by atoms with van der Waals surface area (Å²) in [5.41, 5.74) is 7.42. The maximum atomic E-state index is 12.3. The minimum absolute atomic E-state index is 0.131. The van der Waals surface area contributed by atoms with Crippen LogP contribution in [0, 0.1) is 0 Å². The van der Waals surface area contributed by atoms with Crippen LogP contribution in [0.1, 0.15) is 37.7 Å². The predicted molar refractivity (Wildman–Crippen MR) is 95.3 cm³/mol. The van der Waals surface area contributed by atoms with Gasteiger partial charge in [-0.05, 0) is 38.8 Å². The number of rotatable bonds is 4. The number of oxime groups is 1. The third-order valence-corrected chi connectivity index (χ3v) is 5.41. The fourth-order valence-corrected chi connectivity index (χ4v) is 4.22. The van der Waals surface area contributed by atoms with Crippen molar-refractivity contribution in [2.45, 2.75) is 50.2 Å². The Kier molecular flexibility index (Phi) is 5.04. The Morgan fingerprint density at radius 2 is 2.00 bits per heavy atom. The number of benzene rings is 1. The van der Waals surface area contributed by atoms with E-state index in [0.29, 0.717) is 12.1 Å². The molecule has 6 heteroatoms. The van der Waals surface area contributed by atoms with Crippen molar-refractivity contribution >= 4 is 17.9 Å². The van der Waals surface area contributed by atoms with Crippen LogP contribution in [0.2, 0.25) is 0 Å². The lowest BCUT2D eigenvalue weighted by molar-refractivity contribution is 0.0564. The first kappa shape index (κ1) is 16.8. The second-order valence-electron chi connectivity index (χ2n) is 6.71. The van der Waals surface area contributed by atoms with Crippen LogP contribution in [0.25, 0.3) is 0 Å². The minimum Gasteiger partial charge on any atom is -0.399 e. The Morgan fingerprint density at radius 3 is 2.62 bits per heavy atom. The smallest absolute Gasteiger partial charge is 0.319 e. The molecule has 2 N–H and O–H groups in total. The third kappa shape index (κ3) is 3.24. The van der Waals surface area contributed by atoms with Crippen LogP contribution in [0.4, 0.5) is 10.5 Å². The van der Waals surface area contributed by atoms with Gasteiger partial charge < -0.3 is 15.5 Å². The van der Waals surface area contributed by atoms with E-state index in [4.69, 9.17) is 10.6 Å². The van der Waals surface area contributed by atoms with Gasteiger partial charge in [0, 0.05) is 23.7 Å². The van der Waals surface area contributed by atoms with E-state index in [1.807, 2.05) is 24.3 Å². The number of para-hydroxylation sites is 1. The average Bonchev–Trinajstić information content (AvgIpc) is 2.54. The summed E-state index contributed by atoms with van der Waals surface area (Å²) in [6.07, 6.45) is 7.23. The molecule has 2 aliphatic heterocycles. The van der Waals surface area contributed by atoms with Crippen molar-refractivity contribution < 1.29 is 9.63 Å². The highest BCUT2D eigenvalue weighted by Gasteiger charge is 2.39. The zero-order valence-corrected chi connectivity index (χ0v) is 14.4. The lowest BCUT2D eigenvalue weighted by Gasteiger charge is -2.49. The fourth-order valence-electron chi connectivity index (χ4n) is 4.22. The van der Waals surface area contributed by atoms with Crippen molar-refractivity contribution in [3.05, 3.63) is 29.8 Å². The molecule has 0 spiro atoms. The Morgan fingerprint density at radius 1 is 1.33 bits per heavy atom. The number of hydrogen-bond donors (Lipinski definition) is 1. The number of piperidine rings is 2. The van der Waals surface area contributed by atoms with E-state index >= 15 is 0 Å². The minimum atomic E-state index is -0.402. The average molecular weight is 330 g/mol. The van der Waals surface area contributed by atoms with Crippen LogP contribution < -0.4 is 10.6 Å². The number of anilines is 1. The molecule has 0 unspecified atom stereocenters. The summed E-state index contributed by atoms with van der Waals surface area (Å²) in [5, 5.41) is 3.85. The van der Waals surface area contributed by atoms with Crippen LogP contribution in [-0.4, -0.2) is 49.4 Å². The van der Waals surface area contributed by atoms with Crippen molar-refractivity contribution in [1.82, 2.24) is 4.90 Å². The van der Waals surface area contributed by atoms with E-state index in [1.165, 1.54) is 26.4 Å². The van der Waals surface area contributed by atoms with Gasteiger partial charge in [-0.1, -0.05) is 29.8 Å². The van der Waals surface area contributed by atoms with E-state index in [2.05, 4.69) is 17.1 Å². The van der Waals surface area contributed by atoms with Crippen molar-refractivity contribution in [2.75, 3.05) is 19.1 Å². The fraction of sp³-hybridized carbons (Fsp3) is 0.556. The van der Waals surface area contributed by atoms with Crippen LogP contribution in [0.15, 0.2) is 29.4 Å². The van der Waals surface area contributed by atoms with Gasteiger partial charge in [0.05, 0.1) is 11.9 Å². The second kappa shape index (κ2) is 7.21. The number of carbonyl (C=O) groups is 1. The highest BCUT2D eigenvalue weighted by atomic mass is 16.6. The zero-order valence-electron chi connectivity index (χ0n) is 14.4. The van der Waals surface area contributed by atoms with Crippen LogP contribution in [-0.2, 0) is 4.84 Å². The number of nitrogens with zero attached hydrogens (tertiary/aromatic N) is 3. The Labute approximate surface area is 143 Å². The molecule has 6 nitrogen and oxygen atoms in total. The molecule has 2 amide bonds. The highest BCUT2D eigenvalue weighted by molar-refractivity contribution is 5.98. The maximum absolute atomic E-state index is 12.3. The number of urea groups is 1. The maximum Gasteiger partial charge on any atom is 0.319 e. The molecule has 0 radical (unpaired) electrons. The van der Waals surface area contributed by atoms with Gasteiger partial charge >= 0.3 is 6.03 Å². The molecule has 0 saturated carbocycles. The van der Waals surface area contributed by atoms with Gasteiger partial charge in [-0.3, -0.25) is 4.90 Å². The lowest BCUT2D eigenvalue weighted by Crippen LogP contribution is -2.57. The molecular formula is C18H26N4O2. The lowest BCUT2D eigenvalue weighted by atomic mass is 9.81. The number of fused-ring (bicyclic) bond motifs is 2. The summed E-state index contributed by atoms with van der Waals surface area (Å²) in [6, 6.07) is 8.48. The van der Waals surface area contributed by atoms with Gasteiger partial charge in [0.2, 0.25) is 0 Å². The first-order valence-corrected chi connectivity index (χ1v) is 8.58. The molecule has 130 valence electrons. The normalized spacial score (nSPS) is 27.2. The largest absolute Gasteiger partial charge is 0.399 e. The summed E-state index contributed by atoms with van der Waals surface area (Å²) < 4.78 is 0. The molecule has 2 fully saturated rings. The summed E-state index contributed by atoms with van der Waals surface area (Å²) in [6.45, 7) is 0. The highest BCUT2D eigenvalue weighted by Crippen LogP contribution is 2.36. The first-order chi connectivity index (χ1) is 11.6. The van der Waals surface area contributed by atoms with Crippen molar-refractivity contribution in [3.63, 3.8) is 0 Å². The van der Waals surface area contributed by atoms with Gasteiger partial charge in [-0.15, -0.1) is 0 Å². The molecule has 2 saturated heterocycles. The topological polar surface area (TPSA) is 71.2 Å². The molecule has 2 aliphatic rings. The molecular weight excluding hydrogens is 304 g/mol. The van der Waals surface area contributed by atoms with Gasteiger partial charge in [0.1, 0.15) is 7.11 Å². The second-order valence-corrected chi connectivity index (χ2v) is 6.71. The van der Waals surface area contributed by atoms with Crippen LogP contribution in [0.3, 0.4) is 0 Å². The number of primary amides is 1. The van der Waals surface area contributed by atoms with Gasteiger partial charge in [0.15, 0.2) is 0 Å². The SMILES string of the molecule is CO/N=C/c1ccccc1N(C(N)=O)[C@H]1C[C@H]2CCC[C@@H](C1)N2C. The van der Waals surface area contributed by atoms with Crippen LogP contribution >= 0.6 is 0 Å². The summed E-state index contributed by atoms with van der Waals surface area (Å²) in [7, 11) is 3.71. The zero-order chi connectivity index (χ0) is 17.1. The van der Waals surface area contributed by atoms with Gasteiger partial charge in [-0.2, -0.15) is 0 Å². The van der Waals surface area contributed by atoms with Crippen LogP contribution in [0.5, 0.6) is 0 Å². The molecule has 24 heavy (non-hydrogen) atoms. The predicted octanol–water partition coefficient (Wildman–Crippen LogP) is 2.57. The first-order valence-electron chi connectivity index (χ1n) is 8.58. The van der Waals surface area contributed by atoms with E-state index in [1.54, 1.807) is 11.1 Å². The van der Waals surface area contributed by atoms with E-state index in [0.717, 1.165) is 24.1 Å². The van der Waals surface area contributed by atoms with Crippen molar-refractivity contribution in [2.24, 2.45) is 10.9 Å². The Bertz CT molecular complexity index is 605. The van der Waals surface area contributed by atoms with Gasteiger partial charge in [-0.25, -0.2) is 4.79 Å². The summed E-state index contributed by atoms with van der Waals surface area (Å²) >= 11 is 0. The Balaban J connectivity index is 1.91. The van der Waals surface area contributed by atoms with Crippen molar-refractivity contribution in [1.29, 1.82) is 0 Å². The number of nitrogens with two attached hydrogens (primary N) is 1. The molecule has 0 aliphatic carbocycles. The number of hydrogen-bond acceptors (Lipinski definition) is 4. The molecule has 2 bridgehead atoms. The standard InChI is InChI=1S/C18H26N4O2/c1-21-14-7-5-8-15(21)11-16(10-14)22(18(19)23)17-9-4-3-6-13(17)12-20-24-2/h3-4,6,9,12,14-16H,5,7-8,10-11H2,1-2H3,(H2,19,23)/b20-12+/t14-,15+,16+. The van der Waals surface area contributed by atoms with E-state index in [9.17, 15) is 4.79 Å². The molecule has 0 aromatic heterocycles. The van der Waals surface area contributed by atoms with E-state index in [-0.39, 0.29) is 6.04 Å². The van der Waals surface area contributed by atoms with E-state index < -0.39 is 6.03 Å². The quantitative estimate of drug-likeness (QED) is 0.681. The van der Waals surface area contributed by atoms with Gasteiger partial charge in [0.25, 0.3) is 0 Å². The molecule has 1 aromatic rings. The third-order valence-electron chi connectivity index (χ3n) is 5.41. The molecule has 3 rings (SSSR count). The summed E-state index contributed by atoms with van der Waals surface area (Å²) in [5.74, 6) is 0. The molecule has 3 atom stereocenters. The Hall–Kier alpha value is -2.08. The molecule has 2 heterocycles. The molecule has 1 aromatic carbocycles. The van der Waals surface area contributed by atoms with Crippen molar-refractivity contribution in [3.8, 4) is 0 Å². The number of amides is 2.